The van der Waals surface area contributed by atoms with Gasteiger partial charge in [-0.15, -0.1) is 0 Å². The molecule has 0 saturated carbocycles. The van der Waals surface area contributed by atoms with Gasteiger partial charge in [-0.05, 0) is 5.41 Å². The van der Waals surface area contributed by atoms with Gasteiger partial charge in [-0.25, -0.2) is 0 Å². The van der Waals surface area contributed by atoms with E-state index in [1.54, 1.807) is 0 Å². The summed E-state index contributed by atoms with van der Waals surface area (Å²) < 4.78 is 0. The summed E-state index contributed by atoms with van der Waals surface area (Å²) in [5, 5.41) is 0. The van der Waals surface area contributed by atoms with Crippen LogP contribution in [0.3, 0.4) is 0 Å². The number of hydrogen-bond acceptors (Lipinski definition) is 2. The fraction of sp³-hybridized carbons (Fsp3) is 0.900. The molecule has 1 atom stereocenters. The second-order valence-corrected chi connectivity index (χ2v) is 5.46. The molecule has 0 fully saturated rings. The average molecular weight is 171 g/mol. The average Bonchev–Trinajstić information content (AvgIpc) is 1.80. The number of carbonyl (C=O) groups excluding carboxylic acids is 1. The summed E-state index contributed by atoms with van der Waals surface area (Å²) in [7, 11) is 0. The Morgan fingerprint density at radius 2 is 1.42 bits per heavy atom. The van der Waals surface area contributed by atoms with Crippen LogP contribution < -0.4 is 5.73 Å². The second-order valence-electron chi connectivity index (χ2n) is 5.46. The predicted octanol–water partition coefficient (Wildman–Crippen LogP) is 1.98. The molecule has 0 heterocycles. The first-order valence-corrected chi connectivity index (χ1v) is 4.36. The topological polar surface area (TPSA) is 43.1 Å². The van der Waals surface area contributed by atoms with Crippen molar-refractivity contribution in [2.75, 3.05) is 0 Å². The van der Waals surface area contributed by atoms with Gasteiger partial charge >= 0.3 is 0 Å². The molecule has 0 aliphatic heterocycles. The highest BCUT2D eigenvalue weighted by Gasteiger charge is 2.34. The molecule has 0 aromatic heterocycles. The summed E-state index contributed by atoms with van der Waals surface area (Å²) in [6, 6.07) is -0.363. The normalized spacial score (nSPS) is 15.9. The Bertz CT molecular complexity index is 171. The third-order valence-electron chi connectivity index (χ3n) is 1.95. The summed E-state index contributed by atoms with van der Waals surface area (Å²) in [6.45, 7) is 11.7. The van der Waals surface area contributed by atoms with Crippen molar-refractivity contribution in [2.45, 2.75) is 47.6 Å². The van der Waals surface area contributed by atoms with Gasteiger partial charge in [0.15, 0.2) is 5.78 Å². The van der Waals surface area contributed by atoms with E-state index < -0.39 is 0 Å². The minimum absolute atomic E-state index is 0.134. The van der Waals surface area contributed by atoms with Crippen LogP contribution in [0.5, 0.6) is 0 Å². The van der Waals surface area contributed by atoms with Gasteiger partial charge in [-0.1, -0.05) is 41.5 Å². The van der Waals surface area contributed by atoms with E-state index in [1.165, 1.54) is 0 Å². The largest absolute Gasteiger partial charge is 0.321 e. The molecule has 0 aliphatic carbocycles. The van der Waals surface area contributed by atoms with Crippen LogP contribution in [-0.4, -0.2) is 11.8 Å². The van der Waals surface area contributed by atoms with Gasteiger partial charge in [0.1, 0.15) is 0 Å². The third kappa shape index (κ3) is 2.94. The molecule has 1 unspecified atom stereocenters. The van der Waals surface area contributed by atoms with Gasteiger partial charge in [0.25, 0.3) is 0 Å². The Morgan fingerprint density at radius 3 is 1.50 bits per heavy atom. The first-order chi connectivity index (χ1) is 5.07. The zero-order valence-electron chi connectivity index (χ0n) is 9.06. The zero-order valence-corrected chi connectivity index (χ0v) is 9.06. The van der Waals surface area contributed by atoms with Crippen molar-refractivity contribution >= 4 is 5.78 Å². The third-order valence-corrected chi connectivity index (χ3v) is 1.95. The standard InChI is InChI=1S/C10H21NO/c1-9(2,3)7(11)8(12)10(4,5)6/h7H,11H2,1-6H3. The molecular weight excluding hydrogens is 150 g/mol. The highest BCUT2D eigenvalue weighted by atomic mass is 16.1. The molecule has 2 nitrogen and oxygen atoms in total. The van der Waals surface area contributed by atoms with Crippen molar-refractivity contribution in [3.63, 3.8) is 0 Å². The van der Waals surface area contributed by atoms with E-state index in [9.17, 15) is 4.79 Å². The Kier molecular flexibility index (Phi) is 3.07. The Hall–Kier alpha value is -0.370. The maximum Gasteiger partial charge on any atom is 0.155 e. The van der Waals surface area contributed by atoms with E-state index in [0.717, 1.165) is 0 Å². The van der Waals surface area contributed by atoms with E-state index in [-0.39, 0.29) is 22.7 Å². The molecule has 0 radical (unpaired) electrons. The van der Waals surface area contributed by atoms with Crippen molar-refractivity contribution in [3.8, 4) is 0 Å². The molecule has 72 valence electrons. The summed E-state index contributed by atoms with van der Waals surface area (Å²) >= 11 is 0. The number of rotatable bonds is 1. The number of hydrogen-bond donors (Lipinski definition) is 1. The van der Waals surface area contributed by atoms with Crippen LogP contribution in [0.2, 0.25) is 0 Å². The quantitative estimate of drug-likeness (QED) is 0.655. The van der Waals surface area contributed by atoms with Crippen molar-refractivity contribution in [1.29, 1.82) is 0 Å². The lowest BCUT2D eigenvalue weighted by Crippen LogP contribution is -2.47. The Labute approximate surface area is 75.5 Å². The fourth-order valence-corrected chi connectivity index (χ4v) is 0.860. The maximum absolute atomic E-state index is 11.7. The van der Waals surface area contributed by atoms with Crippen molar-refractivity contribution in [2.24, 2.45) is 16.6 Å². The van der Waals surface area contributed by atoms with Crippen LogP contribution in [0.1, 0.15) is 41.5 Å². The smallest absolute Gasteiger partial charge is 0.155 e. The van der Waals surface area contributed by atoms with E-state index >= 15 is 0 Å². The molecule has 0 aromatic carbocycles. The van der Waals surface area contributed by atoms with Crippen molar-refractivity contribution in [1.82, 2.24) is 0 Å². The van der Waals surface area contributed by atoms with Gasteiger partial charge in [-0.2, -0.15) is 0 Å². The number of ketones is 1. The lowest BCUT2D eigenvalue weighted by Gasteiger charge is -2.31. The molecule has 0 spiro atoms. The molecule has 12 heavy (non-hydrogen) atoms. The van der Waals surface area contributed by atoms with Crippen molar-refractivity contribution < 1.29 is 4.79 Å². The van der Waals surface area contributed by atoms with E-state index in [1.807, 2.05) is 41.5 Å². The summed E-state index contributed by atoms with van der Waals surface area (Å²) in [6.07, 6.45) is 0. The van der Waals surface area contributed by atoms with Gasteiger partial charge in [0.2, 0.25) is 0 Å². The molecule has 0 aromatic rings. The van der Waals surface area contributed by atoms with E-state index in [0.29, 0.717) is 0 Å². The Balaban J connectivity index is 4.53. The first-order valence-electron chi connectivity index (χ1n) is 4.36. The fourth-order valence-electron chi connectivity index (χ4n) is 0.860. The van der Waals surface area contributed by atoms with E-state index in [4.69, 9.17) is 5.73 Å². The highest BCUT2D eigenvalue weighted by Crippen LogP contribution is 2.25. The molecule has 0 amide bonds. The van der Waals surface area contributed by atoms with Crippen LogP contribution in [0, 0.1) is 10.8 Å². The molecule has 0 bridgehead atoms. The van der Waals surface area contributed by atoms with Gasteiger partial charge in [0, 0.05) is 5.41 Å². The second kappa shape index (κ2) is 3.17. The number of Topliss-reactive ketones (excluding diaryl/α,β-unsaturated/α-hetero) is 1. The lowest BCUT2D eigenvalue weighted by atomic mass is 9.76. The predicted molar refractivity (Wildman–Crippen MR) is 51.9 cm³/mol. The number of nitrogens with two attached hydrogens (primary N) is 1. The molecule has 2 heteroatoms. The minimum Gasteiger partial charge on any atom is -0.321 e. The van der Waals surface area contributed by atoms with Gasteiger partial charge in [-0.3, -0.25) is 4.79 Å². The van der Waals surface area contributed by atoms with Crippen molar-refractivity contribution in [3.05, 3.63) is 0 Å². The van der Waals surface area contributed by atoms with Crippen LogP contribution in [0.15, 0.2) is 0 Å². The Morgan fingerprint density at radius 1 is 1.08 bits per heavy atom. The molecular formula is C10H21NO. The monoisotopic (exact) mass is 171 g/mol. The molecule has 2 N–H and O–H groups in total. The first kappa shape index (κ1) is 11.6. The minimum atomic E-state index is -0.363. The summed E-state index contributed by atoms with van der Waals surface area (Å²) in [4.78, 5) is 11.7. The van der Waals surface area contributed by atoms with Crippen LogP contribution in [0.4, 0.5) is 0 Å². The molecule has 0 saturated heterocycles. The molecule has 0 rings (SSSR count). The lowest BCUT2D eigenvalue weighted by molar-refractivity contribution is -0.129. The zero-order chi connectivity index (χ0) is 10.2. The molecule has 0 aliphatic rings. The maximum atomic E-state index is 11.7. The van der Waals surface area contributed by atoms with Crippen LogP contribution in [0.25, 0.3) is 0 Å². The van der Waals surface area contributed by atoms with E-state index in [2.05, 4.69) is 0 Å². The van der Waals surface area contributed by atoms with Gasteiger partial charge in [0.05, 0.1) is 6.04 Å². The summed E-state index contributed by atoms with van der Waals surface area (Å²) in [5.41, 5.74) is 5.37. The van der Waals surface area contributed by atoms with Crippen LogP contribution in [-0.2, 0) is 4.79 Å². The number of carbonyl (C=O) groups is 1. The highest BCUT2D eigenvalue weighted by molar-refractivity contribution is 5.89. The SMILES string of the molecule is CC(C)(C)C(=O)C(N)C(C)(C)C. The van der Waals surface area contributed by atoms with Crippen LogP contribution >= 0.6 is 0 Å². The van der Waals surface area contributed by atoms with Gasteiger partial charge < -0.3 is 5.73 Å². The summed E-state index contributed by atoms with van der Waals surface area (Å²) in [5.74, 6) is 0.134.